The first kappa shape index (κ1) is 52.5. The SMILES string of the molecule is CCC(=O)N/C1=C(\C)[C@H]2OCC(=NOCc3csc(-c4cccc(N)n4)n3)CO[C@](C)(C[C@H]1C)[C@H](O[C@@H]1O[C@H](C)C[C@H](N(C)C)[C@H]1OC(C)=O)[C@@H](C)C(=O)[C@](C)(F)C(=O)O[C@H](CC)[C@@]2(C)O. The molecule has 0 aliphatic carbocycles. The summed E-state index contributed by atoms with van der Waals surface area (Å²) in [5.74, 6) is -5.46. The third kappa shape index (κ3) is 12.0. The Bertz CT molecular complexity index is 2130. The van der Waals surface area contributed by atoms with E-state index in [0.29, 0.717) is 39.9 Å². The minimum Gasteiger partial charge on any atom is -0.457 e. The Balaban J connectivity index is 1.70. The maximum absolute atomic E-state index is 17.1. The number of hydrogen-bond donors (Lipinski definition) is 3. The molecule has 2 aromatic heterocycles. The van der Waals surface area contributed by atoms with Gasteiger partial charge in [0.05, 0.1) is 42.8 Å². The van der Waals surface area contributed by atoms with E-state index in [1.54, 1.807) is 51.3 Å². The van der Waals surface area contributed by atoms with Gasteiger partial charge in [0.25, 0.3) is 5.67 Å². The van der Waals surface area contributed by atoms with Crippen LogP contribution >= 0.6 is 11.3 Å². The number of aliphatic hydroxyl groups is 1. The molecule has 4 N–H and O–H groups in total. The van der Waals surface area contributed by atoms with E-state index >= 15 is 4.39 Å². The van der Waals surface area contributed by atoms with E-state index < -0.39 is 89.3 Å². The number of thiazole rings is 1. The van der Waals surface area contributed by atoms with Gasteiger partial charge in [0.1, 0.15) is 40.0 Å². The molecule has 1 fully saturated rings. The van der Waals surface area contributed by atoms with Crippen molar-refractivity contribution in [3.05, 3.63) is 40.5 Å². The van der Waals surface area contributed by atoms with Gasteiger partial charge in [-0.1, -0.05) is 38.9 Å². The molecule has 0 aromatic carbocycles. The summed E-state index contributed by atoms with van der Waals surface area (Å²) in [7, 11) is 3.65. The highest BCUT2D eigenvalue weighted by Gasteiger charge is 2.56. The van der Waals surface area contributed by atoms with Gasteiger partial charge in [-0.05, 0) is 91.6 Å². The van der Waals surface area contributed by atoms with Crippen LogP contribution in [0.4, 0.5) is 10.2 Å². The number of aromatic nitrogens is 2. The summed E-state index contributed by atoms with van der Waals surface area (Å²) >= 11 is 1.34. The van der Waals surface area contributed by atoms with Gasteiger partial charge in [-0.2, -0.15) is 0 Å². The largest absolute Gasteiger partial charge is 0.457 e. The van der Waals surface area contributed by atoms with Crippen molar-refractivity contribution in [2.45, 2.75) is 161 Å². The molecule has 12 atom stereocenters. The van der Waals surface area contributed by atoms with Crippen LogP contribution < -0.4 is 11.1 Å². The second-order valence-corrected chi connectivity index (χ2v) is 19.2. The molecule has 3 aliphatic heterocycles. The van der Waals surface area contributed by atoms with E-state index in [2.05, 4.69) is 20.4 Å². The number of carbonyl (C=O) groups excluding carboxylic acids is 4. The molecule has 18 nitrogen and oxygen atoms in total. The first-order valence-corrected chi connectivity index (χ1v) is 23.2. The van der Waals surface area contributed by atoms with Crippen molar-refractivity contribution >= 4 is 46.5 Å². The Kier molecular flexibility index (Phi) is 17.2. The van der Waals surface area contributed by atoms with E-state index in [1.165, 1.54) is 32.1 Å². The fourth-order valence-electron chi connectivity index (χ4n) is 9.05. The fourth-order valence-corrected chi connectivity index (χ4v) is 9.82. The minimum atomic E-state index is -3.26. The lowest BCUT2D eigenvalue weighted by Gasteiger charge is -2.48. The molecule has 366 valence electrons. The lowest BCUT2D eigenvalue weighted by Crippen LogP contribution is -2.61. The number of cyclic esters (lactones) is 1. The lowest BCUT2D eigenvalue weighted by molar-refractivity contribution is -0.299. The monoisotopic (exact) mass is 946 g/mol. The number of nitrogens with two attached hydrogens (primary N) is 1. The van der Waals surface area contributed by atoms with E-state index in [0.717, 1.165) is 6.92 Å². The Morgan fingerprint density at radius 2 is 1.83 bits per heavy atom. The first-order valence-electron chi connectivity index (χ1n) is 22.4. The van der Waals surface area contributed by atoms with Crippen LogP contribution in [0.1, 0.15) is 101 Å². The van der Waals surface area contributed by atoms with E-state index in [1.807, 2.05) is 32.8 Å². The summed E-state index contributed by atoms with van der Waals surface area (Å²) in [6.45, 7) is 14.5. The average molecular weight is 947 g/mol. The highest BCUT2D eigenvalue weighted by Crippen LogP contribution is 2.42. The zero-order valence-electron chi connectivity index (χ0n) is 40.0. The molecule has 0 radical (unpaired) electrons. The Morgan fingerprint density at radius 3 is 2.47 bits per heavy atom. The Labute approximate surface area is 390 Å². The van der Waals surface area contributed by atoms with Crippen molar-refractivity contribution in [2.24, 2.45) is 17.0 Å². The zero-order chi connectivity index (χ0) is 48.9. The molecule has 0 unspecified atom stereocenters. The molecule has 5 rings (SSSR count). The highest BCUT2D eigenvalue weighted by molar-refractivity contribution is 7.13. The molecule has 1 saturated heterocycles. The number of allylic oxidation sites excluding steroid dienone is 1. The van der Waals surface area contributed by atoms with Crippen LogP contribution in [-0.2, 0) is 59.0 Å². The number of carbonyl (C=O) groups is 4. The number of anilines is 1. The second-order valence-electron chi connectivity index (χ2n) is 18.3. The van der Waals surface area contributed by atoms with Gasteiger partial charge in [-0.25, -0.2) is 19.2 Å². The third-order valence-electron chi connectivity index (χ3n) is 12.5. The molecule has 2 bridgehead atoms. The van der Waals surface area contributed by atoms with Gasteiger partial charge in [-0.15, -0.1) is 11.3 Å². The van der Waals surface area contributed by atoms with Crippen molar-refractivity contribution in [3.8, 4) is 10.7 Å². The van der Waals surface area contributed by atoms with Crippen LogP contribution in [0.2, 0.25) is 0 Å². The quantitative estimate of drug-likeness (QED) is 0.152. The number of halogens is 1. The van der Waals surface area contributed by atoms with Gasteiger partial charge < -0.3 is 54.3 Å². The van der Waals surface area contributed by atoms with Gasteiger partial charge in [-0.3, -0.25) is 14.4 Å². The number of ketones is 1. The highest BCUT2D eigenvalue weighted by atomic mass is 32.1. The number of nitrogen functional groups attached to an aromatic ring is 1. The van der Waals surface area contributed by atoms with E-state index in [4.69, 9.17) is 39.0 Å². The van der Waals surface area contributed by atoms with Gasteiger partial charge in [0, 0.05) is 30.3 Å². The summed E-state index contributed by atoms with van der Waals surface area (Å²) in [4.78, 5) is 71.3. The number of pyridine rings is 1. The molecule has 0 saturated carbocycles. The maximum atomic E-state index is 17.1. The maximum Gasteiger partial charge on any atom is 0.351 e. The van der Waals surface area contributed by atoms with Crippen LogP contribution in [0, 0.1) is 11.8 Å². The summed E-state index contributed by atoms with van der Waals surface area (Å²) in [5, 5.41) is 22.4. The van der Waals surface area contributed by atoms with Crippen LogP contribution in [0.3, 0.4) is 0 Å². The number of nitrogens with zero attached hydrogens (tertiary/aromatic N) is 4. The van der Waals surface area contributed by atoms with Gasteiger partial charge in [0.2, 0.25) is 5.91 Å². The summed E-state index contributed by atoms with van der Waals surface area (Å²) in [6, 6.07) is 4.84. The van der Waals surface area contributed by atoms with Crippen molar-refractivity contribution in [1.82, 2.24) is 20.2 Å². The number of likely N-dealkylation sites (N-methyl/N-ethyl adjacent to an activating group) is 1. The molecular formula is C46H67FN6O12S. The first-order chi connectivity index (χ1) is 30.9. The molecule has 5 heterocycles. The number of hydrogen-bond acceptors (Lipinski definition) is 18. The normalized spacial score (nSPS) is 35.6. The van der Waals surface area contributed by atoms with Crippen LogP contribution in [0.25, 0.3) is 10.7 Å². The van der Waals surface area contributed by atoms with Crippen molar-refractivity contribution in [3.63, 3.8) is 0 Å². The number of amides is 1. The van der Waals surface area contributed by atoms with Crippen molar-refractivity contribution in [2.75, 3.05) is 33.0 Å². The molecule has 3 aliphatic rings. The van der Waals surface area contributed by atoms with Crippen LogP contribution in [0.5, 0.6) is 0 Å². The molecule has 2 aromatic rings. The predicted molar refractivity (Wildman–Crippen MR) is 242 cm³/mol. The zero-order valence-corrected chi connectivity index (χ0v) is 40.9. The van der Waals surface area contributed by atoms with Gasteiger partial charge in [0.15, 0.2) is 24.8 Å². The van der Waals surface area contributed by atoms with Crippen molar-refractivity contribution in [1.29, 1.82) is 0 Å². The number of oxime groups is 1. The predicted octanol–water partition coefficient (Wildman–Crippen LogP) is 5.06. The molecular weight excluding hydrogens is 880 g/mol. The Hall–Kier alpha value is -4.44. The number of nitrogens with one attached hydrogen (secondary N) is 1. The summed E-state index contributed by atoms with van der Waals surface area (Å²) in [6.07, 6.45) is -6.47. The minimum absolute atomic E-state index is 0.0170. The van der Waals surface area contributed by atoms with Crippen molar-refractivity contribution < 1.29 is 61.9 Å². The van der Waals surface area contributed by atoms with E-state index in [-0.39, 0.29) is 50.7 Å². The number of fused-ring (bicyclic) bond motifs is 4. The average Bonchev–Trinajstić information content (AvgIpc) is 3.73. The molecule has 66 heavy (non-hydrogen) atoms. The summed E-state index contributed by atoms with van der Waals surface area (Å²) in [5.41, 5.74) is 0.959. The van der Waals surface area contributed by atoms with E-state index in [9.17, 15) is 24.3 Å². The number of rotatable bonds is 11. The topological polar surface area (TPSA) is 233 Å². The second kappa shape index (κ2) is 21.7. The van der Waals surface area contributed by atoms with Gasteiger partial charge >= 0.3 is 11.9 Å². The van der Waals surface area contributed by atoms with Crippen LogP contribution in [0.15, 0.2) is 40.0 Å². The third-order valence-corrected chi connectivity index (χ3v) is 13.4. The Morgan fingerprint density at radius 1 is 1.12 bits per heavy atom. The molecule has 1 amide bonds. The smallest absolute Gasteiger partial charge is 0.351 e. The molecule has 20 heteroatoms. The van der Waals surface area contributed by atoms with Crippen LogP contribution in [-0.4, -0.2) is 136 Å². The number of alkyl halides is 1. The number of ether oxygens (including phenoxy) is 6. The number of esters is 2. The number of Topliss-reactive ketones (excluding diaryl/α,β-unsaturated/α-hetero) is 1. The summed E-state index contributed by atoms with van der Waals surface area (Å²) < 4.78 is 55.4. The molecule has 0 spiro atoms. The lowest BCUT2D eigenvalue weighted by atomic mass is 9.76. The fraction of sp³-hybridized carbons (Fsp3) is 0.674. The standard InChI is InChI=1S/C46H67FN6O12S/c1-13-33-46(10,58)40-26(5)36(51-35(55)14-2)24(3)19-44(8,60-21-29(20-59-40)52-61-22-30-23-66-41(49-30)31-16-15-17-34(48)50-31)39(27(6)38(56)45(9,47)43(57)64-33)65-42-37(63-28(7)54)32(53(11)12)18-25(4)62-42/h15-17,23-25,27,32-33,37,39-40,42,58H,13-14,18-22H2,1-12H3,(H2,48,50)(H,51,55)/b36-26+,52-29?/t24-,25-,27+,32+,33-,37-,39-,40-,42+,44-,45+,46-/m1/s1.